The SMILES string of the molecule is c1c[nH]c(-c2ccccc2-c2ccc[nH]2)c1. The zero-order valence-electron chi connectivity index (χ0n) is 8.77. The van der Waals surface area contributed by atoms with Gasteiger partial charge in [0.1, 0.15) is 0 Å². The van der Waals surface area contributed by atoms with Crippen molar-refractivity contribution in [3.8, 4) is 22.5 Å². The van der Waals surface area contributed by atoms with E-state index in [9.17, 15) is 0 Å². The first-order chi connectivity index (χ1) is 7.95. The maximum absolute atomic E-state index is 3.24. The molecule has 0 saturated heterocycles. The van der Waals surface area contributed by atoms with Gasteiger partial charge in [0.2, 0.25) is 0 Å². The van der Waals surface area contributed by atoms with Crippen LogP contribution < -0.4 is 0 Å². The Morgan fingerprint density at radius 1 is 0.562 bits per heavy atom. The van der Waals surface area contributed by atoms with Crippen LogP contribution in [0, 0.1) is 0 Å². The Hall–Kier alpha value is -2.22. The molecule has 2 heterocycles. The number of H-pyrrole nitrogens is 2. The van der Waals surface area contributed by atoms with E-state index in [-0.39, 0.29) is 0 Å². The van der Waals surface area contributed by atoms with Crippen molar-refractivity contribution in [2.45, 2.75) is 0 Å². The molecule has 2 aromatic heterocycles. The Bertz CT molecular complexity index is 509. The first-order valence-corrected chi connectivity index (χ1v) is 5.32. The van der Waals surface area contributed by atoms with Gasteiger partial charge in [0.25, 0.3) is 0 Å². The molecule has 0 aliphatic carbocycles. The van der Waals surface area contributed by atoms with E-state index in [1.54, 1.807) is 0 Å². The minimum atomic E-state index is 1.14. The highest BCUT2D eigenvalue weighted by Crippen LogP contribution is 2.29. The standard InChI is InChI=1S/C14H12N2/c1-2-6-12(14-8-4-10-16-14)11(5-1)13-7-3-9-15-13/h1-10,15-16H. The molecule has 3 aromatic rings. The van der Waals surface area contributed by atoms with Gasteiger partial charge in [-0.05, 0) is 24.3 Å². The van der Waals surface area contributed by atoms with Crippen molar-refractivity contribution in [1.82, 2.24) is 9.97 Å². The predicted octanol–water partition coefficient (Wildman–Crippen LogP) is 3.68. The van der Waals surface area contributed by atoms with Gasteiger partial charge < -0.3 is 9.97 Å². The van der Waals surface area contributed by atoms with E-state index in [4.69, 9.17) is 0 Å². The fourth-order valence-corrected chi connectivity index (χ4v) is 1.95. The van der Waals surface area contributed by atoms with Gasteiger partial charge in [-0.25, -0.2) is 0 Å². The van der Waals surface area contributed by atoms with Crippen molar-refractivity contribution >= 4 is 0 Å². The molecule has 3 rings (SSSR count). The summed E-state index contributed by atoms with van der Waals surface area (Å²) < 4.78 is 0. The topological polar surface area (TPSA) is 31.6 Å². The highest BCUT2D eigenvalue weighted by molar-refractivity contribution is 5.80. The largest absolute Gasteiger partial charge is 0.361 e. The molecule has 0 radical (unpaired) electrons. The van der Waals surface area contributed by atoms with Crippen molar-refractivity contribution in [3.63, 3.8) is 0 Å². The molecule has 78 valence electrons. The number of nitrogens with one attached hydrogen (secondary N) is 2. The van der Waals surface area contributed by atoms with Gasteiger partial charge in [0.05, 0.1) is 0 Å². The van der Waals surface area contributed by atoms with Crippen LogP contribution in [0.5, 0.6) is 0 Å². The molecule has 2 N–H and O–H groups in total. The van der Waals surface area contributed by atoms with Crippen LogP contribution in [0.25, 0.3) is 22.5 Å². The molecule has 1 aromatic carbocycles. The van der Waals surface area contributed by atoms with Crippen molar-refractivity contribution < 1.29 is 0 Å². The lowest BCUT2D eigenvalue weighted by molar-refractivity contribution is 1.37. The second-order valence-corrected chi connectivity index (χ2v) is 3.71. The lowest BCUT2D eigenvalue weighted by atomic mass is 10.0. The van der Waals surface area contributed by atoms with Crippen LogP contribution in [0.2, 0.25) is 0 Å². The first-order valence-electron chi connectivity index (χ1n) is 5.32. The van der Waals surface area contributed by atoms with E-state index in [1.807, 2.05) is 24.5 Å². The van der Waals surface area contributed by atoms with E-state index in [0.29, 0.717) is 0 Å². The number of benzene rings is 1. The van der Waals surface area contributed by atoms with Crippen molar-refractivity contribution in [1.29, 1.82) is 0 Å². The van der Waals surface area contributed by atoms with E-state index >= 15 is 0 Å². The Morgan fingerprint density at radius 2 is 1.06 bits per heavy atom. The van der Waals surface area contributed by atoms with Crippen LogP contribution in [0.1, 0.15) is 0 Å². The molecule has 0 unspecified atom stereocenters. The second-order valence-electron chi connectivity index (χ2n) is 3.71. The zero-order valence-corrected chi connectivity index (χ0v) is 8.77. The quantitative estimate of drug-likeness (QED) is 0.644. The number of aromatic amines is 2. The van der Waals surface area contributed by atoms with E-state index in [0.717, 1.165) is 11.4 Å². The molecule has 0 atom stereocenters. The molecule has 16 heavy (non-hydrogen) atoms. The maximum atomic E-state index is 3.24. The summed E-state index contributed by atoms with van der Waals surface area (Å²) in [6, 6.07) is 16.6. The maximum Gasteiger partial charge on any atom is 0.0460 e. The number of aromatic nitrogens is 2. The molecule has 2 heteroatoms. The van der Waals surface area contributed by atoms with Crippen molar-refractivity contribution in [2.75, 3.05) is 0 Å². The summed E-state index contributed by atoms with van der Waals surface area (Å²) in [4.78, 5) is 6.48. The highest BCUT2D eigenvalue weighted by atomic mass is 14.7. The molecule has 0 spiro atoms. The van der Waals surface area contributed by atoms with Crippen LogP contribution >= 0.6 is 0 Å². The van der Waals surface area contributed by atoms with Gasteiger partial charge in [0, 0.05) is 34.9 Å². The van der Waals surface area contributed by atoms with Crippen LogP contribution in [0.4, 0.5) is 0 Å². The zero-order chi connectivity index (χ0) is 10.8. The summed E-state index contributed by atoms with van der Waals surface area (Å²) in [5, 5.41) is 0. The Labute approximate surface area is 94.0 Å². The summed E-state index contributed by atoms with van der Waals surface area (Å²) in [7, 11) is 0. The summed E-state index contributed by atoms with van der Waals surface area (Å²) >= 11 is 0. The summed E-state index contributed by atoms with van der Waals surface area (Å²) in [6.45, 7) is 0. The fourth-order valence-electron chi connectivity index (χ4n) is 1.95. The molecule has 0 aliphatic heterocycles. The Kier molecular flexibility index (Phi) is 2.11. The number of hydrogen-bond donors (Lipinski definition) is 2. The Morgan fingerprint density at radius 3 is 1.44 bits per heavy atom. The van der Waals surface area contributed by atoms with Gasteiger partial charge >= 0.3 is 0 Å². The van der Waals surface area contributed by atoms with Crippen molar-refractivity contribution in [3.05, 3.63) is 60.9 Å². The third kappa shape index (κ3) is 1.44. The minimum absolute atomic E-state index is 1.14. The number of rotatable bonds is 2. The second kappa shape index (κ2) is 3.74. The molecule has 0 amide bonds. The third-order valence-electron chi connectivity index (χ3n) is 2.70. The predicted molar refractivity (Wildman–Crippen MR) is 66.0 cm³/mol. The van der Waals surface area contributed by atoms with E-state index in [2.05, 4.69) is 46.4 Å². The lowest BCUT2D eigenvalue weighted by Crippen LogP contribution is -1.84. The monoisotopic (exact) mass is 208 g/mol. The van der Waals surface area contributed by atoms with Crippen LogP contribution in [0.3, 0.4) is 0 Å². The van der Waals surface area contributed by atoms with Crippen molar-refractivity contribution in [2.24, 2.45) is 0 Å². The molecule has 0 fully saturated rings. The highest BCUT2D eigenvalue weighted by Gasteiger charge is 2.06. The molecule has 2 nitrogen and oxygen atoms in total. The average molecular weight is 208 g/mol. The van der Waals surface area contributed by atoms with E-state index < -0.39 is 0 Å². The van der Waals surface area contributed by atoms with E-state index in [1.165, 1.54) is 11.1 Å². The minimum Gasteiger partial charge on any atom is -0.361 e. The van der Waals surface area contributed by atoms with Crippen LogP contribution in [0.15, 0.2) is 60.9 Å². The summed E-state index contributed by atoms with van der Waals surface area (Å²) in [5.41, 5.74) is 4.72. The molecule has 0 aliphatic rings. The smallest absolute Gasteiger partial charge is 0.0460 e. The van der Waals surface area contributed by atoms with Crippen LogP contribution in [-0.2, 0) is 0 Å². The van der Waals surface area contributed by atoms with Crippen LogP contribution in [-0.4, -0.2) is 9.97 Å². The van der Waals surface area contributed by atoms with Gasteiger partial charge in [-0.2, -0.15) is 0 Å². The molecular formula is C14H12N2. The first kappa shape index (κ1) is 9.04. The fraction of sp³-hybridized carbons (Fsp3) is 0. The van der Waals surface area contributed by atoms with Gasteiger partial charge in [-0.3, -0.25) is 0 Å². The normalized spacial score (nSPS) is 10.5. The lowest BCUT2D eigenvalue weighted by Gasteiger charge is -2.06. The summed E-state index contributed by atoms with van der Waals surface area (Å²) in [6.07, 6.45) is 3.89. The third-order valence-corrected chi connectivity index (χ3v) is 2.70. The average Bonchev–Trinajstić information content (AvgIpc) is 3.03. The molecule has 0 bridgehead atoms. The number of hydrogen-bond acceptors (Lipinski definition) is 0. The van der Waals surface area contributed by atoms with Gasteiger partial charge in [0.15, 0.2) is 0 Å². The van der Waals surface area contributed by atoms with Gasteiger partial charge in [-0.1, -0.05) is 24.3 Å². The Balaban J connectivity index is 2.19. The molecular weight excluding hydrogens is 196 g/mol. The molecule has 0 saturated carbocycles. The summed E-state index contributed by atoms with van der Waals surface area (Å²) in [5.74, 6) is 0. The van der Waals surface area contributed by atoms with Gasteiger partial charge in [-0.15, -0.1) is 0 Å².